The lowest BCUT2D eigenvalue weighted by atomic mass is 9.88. The molecule has 3 aliphatic carbocycles. The molecular formula is C41H43ClF5N5O6S2. The van der Waals surface area contributed by atoms with Gasteiger partial charge in [0.05, 0.1) is 38.2 Å². The second-order valence-electron chi connectivity index (χ2n) is 16.9. The van der Waals surface area contributed by atoms with Crippen molar-refractivity contribution in [2.75, 3.05) is 4.72 Å². The number of sulfone groups is 1. The van der Waals surface area contributed by atoms with Gasteiger partial charge in [-0.15, -0.1) is 0 Å². The van der Waals surface area contributed by atoms with Gasteiger partial charge in [0.15, 0.2) is 15.7 Å². The van der Waals surface area contributed by atoms with Crippen molar-refractivity contribution in [2.45, 2.75) is 126 Å². The van der Waals surface area contributed by atoms with Crippen LogP contribution in [0.3, 0.4) is 0 Å². The number of alkyl carbamates (subject to hydrolysis) is 1. The van der Waals surface area contributed by atoms with E-state index in [4.69, 9.17) is 21.3 Å². The average Bonchev–Trinajstić information content (AvgIpc) is 4.07. The number of fused-ring (bicyclic) bond motifs is 2. The number of rotatable bonds is 12. The number of carbonyl (C=O) groups is 1. The largest absolute Gasteiger partial charge is 0.444 e. The molecule has 2 saturated carbocycles. The third-order valence-electron chi connectivity index (χ3n) is 10.5. The minimum Gasteiger partial charge on any atom is -0.444 e. The Labute approximate surface area is 349 Å². The number of hydrogen-bond acceptors (Lipinski definition) is 8. The molecule has 1 unspecified atom stereocenters. The van der Waals surface area contributed by atoms with E-state index in [0.717, 1.165) is 12.1 Å². The molecule has 0 spiro atoms. The summed E-state index contributed by atoms with van der Waals surface area (Å²) in [6.45, 7) is 7.83. The number of aromatic nitrogens is 3. The standard InChI is InChI=1S/C41H43ClF5N5O6S2/c1-40(2,3)58-39(53)49-31(19-21-17-22(43)20-23(44)18-21)34-32(27-8-6-7-26(27)30(48-34)15-16-41(4,5)59(54,55)24-9-10-24)28-13-14-29(42)33-35(28)52(37(47)36(45)46)50-38(33)51-60(56,57)25-11-12-25/h13-14,17-18,20,24-25,31,36-37H,6-12,19H2,1-5H3,(H,49,53)(H,50,51)/t31-,37?/m0/s1. The van der Waals surface area contributed by atoms with Crippen LogP contribution in [0.2, 0.25) is 5.02 Å². The quantitative estimate of drug-likeness (QED) is 0.106. The summed E-state index contributed by atoms with van der Waals surface area (Å²) in [6, 6.07) is 4.21. The van der Waals surface area contributed by atoms with Gasteiger partial charge in [-0.25, -0.2) is 53.2 Å². The monoisotopic (exact) mass is 895 g/mol. The Balaban J connectivity index is 1.54. The van der Waals surface area contributed by atoms with Gasteiger partial charge in [-0.2, -0.15) is 5.10 Å². The second-order valence-corrected chi connectivity index (χ2v) is 22.0. The van der Waals surface area contributed by atoms with Gasteiger partial charge in [-0.3, -0.25) is 4.72 Å². The highest BCUT2D eigenvalue weighted by Crippen LogP contribution is 2.46. The maximum atomic E-state index is 15.8. The Morgan fingerprint density at radius 3 is 2.20 bits per heavy atom. The third kappa shape index (κ3) is 8.80. The molecule has 0 aliphatic heterocycles. The number of anilines is 1. The van der Waals surface area contributed by atoms with Gasteiger partial charge < -0.3 is 10.1 Å². The number of benzene rings is 2. The lowest BCUT2D eigenvalue weighted by Crippen LogP contribution is -2.36. The number of halogens is 6. The molecular weight excluding hydrogens is 853 g/mol. The first kappa shape index (κ1) is 43.6. The van der Waals surface area contributed by atoms with Gasteiger partial charge in [0.25, 0.3) is 12.7 Å². The van der Waals surface area contributed by atoms with Crippen LogP contribution >= 0.6 is 11.6 Å². The fourth-order valence-electron chi connectivity index (χ4n) is 7.43. The minimum atomic E-state index is -4.08. The molecule has 7 rings (SSSR count). The summed E-state index contributed by atoms with van der Waals surface area (Å²) in [5, 5.41) is 5.12. The zero-order valence-corrected chi connectivity index (χ0v) is 35.7. The Morgan fingerprint density at radius 2 is 1.60 bits per heavy atom. The van der Waals surface area contributed by atoms with Gasteiger partial charge in [-0.05, 0) is 127 Å². The van der Waals surface area contributed by atoms with E-state index < -0.39 is 83.0 Å². The summed E-state index contributed by atoms with van der Waals surface area (Å²) in [5.41, 5.74) is 0.0993. The maximum Gasteiger partial charge on any atom is 0.408 e. The second kappa shape index (κ2) is 15.8. The molecule has 60 heavy (non-hydrogen) atoms. The SMILES string of the molecule is CC(C)(C)OC(=O)N[C@@H](Cc1cc(F)cc(F)c1)c1nc(C#CC(C)(C)S(=O)(=O)C2CC2)c2c(c1-c1ccc(Cl)c3c(NS(=O)(=O)C4CC4)nn(C(F)C(F)F)c13)CCC2. The third-order valence-corrected chi connectivity index (χ3v) is 15.6. The topological polar surface area (TPSA) is 149 Å². The van der Waals surface area contributed by atoms with Crippen molar-refractivity contribution in [3.8, 4) is 23.0 Å². The molecule has 2 aromatic heterocycles. The molecule has 3 aliphatic rings. The summed E-state index contributed by atoms with van der Waals surface area (Å²) < 4.78 is 134. The van der Waals surface area contributed by atoms with Crippen molar-refractivity contribution in [2.24, 2.45) is 0 Å². The smallest absolute Gasteiger partial charge is 0.408 e. The van der Waals surface area contributed by atoms with E-state index in [1.165, 1.54) is 26.0 Å². The van der Waals surface area contributed by atoms with E-state index in [-0.39, 0.29) is 50.4 Å². The first-order chi connectivity index (χ1) is 28.0. The normalized spacial score (nSPS) is 16.9. The minimum absolute atomic E-state index is 0.0141. The maximum absolute atomic E-state index is 15.8. The van der Waals surface area contributed by atoms with Crippen molar-refractivity contribution in [1.82, 2.24) is 20.1 Å². The summed E-state index contributed by atoms with van der Waals surface area (Å²) >= 11 is 6.68. The summed E-state index contributed by atoms with van der Waals surface area (Å²) in [6.07, 6.45) is -5.11. The number of hydrogen-bond donors (Lipinski definition) is 2. The molecule has 0 saturated heterocycles. The van der Waals surface area contributed by atoms with Crippen LogP contribution in [0.4, 0.5) is 32.6 Å². The fraction of sp³-hybridized carbons (Fsp3) is 0.488. The van der Waals surface area contributed by atoms with Crippen molar-refractivity contribution in [1.29, 1.82) is 0 Å². The van der Waals surface area contributed by atoms with E-state index in [9.17, 15) is 39.2 Å². The van der Waals surface area contributed by atoms with Gasteiger partial charge in [0.1, 0.15) is 27.7 Å². The summed E-state index contributed by atoms with van der Waals surface area (Å²) in [5.74, 6) is 3.56. The van der Waals surface area contributed by atoms with Crippen molar-refractivity contribution < 1.29 is 48.3 Å². The average molecular weight is 896 g/mol. The van der Waals surface area contributed by atoms with Gasteiger partial charge in [0.2, 0.25) is 10.0 Å². The number of pyridine rings is 1. The molecule has 0 bridgehead atoms. The Kier molecular flexibility index (Phi) is 11.5. The highest BCUT2D eigenvalue weighted by Gasteiger charge is 2.45. The van der Waals surface area contributed by atoms with E-state index >= 15 is 4.39 Å². The van der Waals surface area contributed by atoms with Crippen LogP contribution in [0.15, 0.2) is 30.3 Å². The lowest BCUT2D eigenvalue weighted by molar-refractivity contribution is 0.00366. The molecule has 0 radical (unpaired) electrons. The van der Waals surface area contributed by atoms with Crippen LogP contribution in [0.1, 0.15) is 107 Å². The van der Waals surface area contributed by atoms with E-state index in [2.05, 4.69) is 27.0 Å². The Bertz CT molecular complexity index is 2660. The highest BCUT2D eigenvalue weighted by atomic mass is 35.5. The highest BCUT2D eigenvalue weighted by molar-refractivity contribution is 7.94. The predicted molar refractivity (Wildman–Crippen MR) is 217 cm³/mol. The molecule has 2 fully saturated rings. The fourth-order valence-corrected chi connectivity index (χ4v) is 10.8. The molecule has 4 aromatic rings. The van der Waals surface area contributed by atoms with Gasteiger partial charge >= 0.3 is 6.09 Å². The lowest BCUT2D eigenvalue weighted by Gasteiger charge is -2.27. The molecule has 2 N–H and O–H groups in total. The van der Waals surface area contributed by atoms with E-state index in [1.54, 1.807) is 20.8 Å². The zero-order chi connectivity index (χ0) is 43.7. The zero-order valence-electron chi connectivity index (χ0n) is 33.3. The van der Waals surface area contributed by atoms with E-state index in [0.29, 0.717) is 66.8 Å². The van der Waals surface area contributed by atoms with Crippen LogP contribution in [-0.4, -0.2) is 65.0 Å². The summed E-state index contributed by atoms with van der Waals surface area (Å²) in [7, 11) is -7.77. The van der Waals surface area contributed by atoms with Crippen LogP contribution in [-0.2, 0) is 43.9 Å². The Hall–Kier alpha value is -4.47. The Morgan fingerprint density at radius 1 is 0.967 bits per heavy atom. The predicted octanol–water partition coefficient (Wildman–Crippen LogP) is 8.67. The molecule has 2 atom stereocenters. The number of alkyl halides is 3. The van der Waals surface area contributed by atoms with Crippen molar-refractivity contribution in [3.05, 3.63) is 75.1 Å². The molecule has 2 heterocycles. The number of amides is 1. The van der Waals surface area contributed by atoms with Gasteiger partial charge in [-0.1, -0.05) is 23.6 Å². The summed E-state index contributed by atoms with van der Waals surface area (Å²) in [4.78, 5) is 18.6. The molecule has 322 valence electrons. The number of ether oxygens (including phenoxy) is 1. The number of nitrogens with one attached hydrogen (secondary N) is 2. The first-order valence-corrected chi connectivity index (χ1v) is 22.9. The number of carbonyl (C=O) groups excluding carboxylic acids is 1. The van der Waals surface area contributed by atoms with Crippen molar-refractivity contribution in [3.63, 3.8) is 0 Å². The van der Waals surface area contributed by atoms with Crippen LogP contribution in [0.25, 0.3) is 22.0 Å². The van der Waals surface area contributed by atoms with E-state index in [1.807, 2.05) is 0 Å². The number of nitrogens with zero attached hydrogens (tertiary/aromatic N) is 3. The number of sulfonamides is 1. The molecule has 19 heteroatoms. The van der Waals surface area contributed by atoms with Crippen molar-refractivity contribution >= 4 is 54.3 Å². The first-order valence-electron chi connectivity index (χ1n) is 19.4. The van der Waals surface area contributed by atoms with Crippen LogP contribution in [0.5, 0.6) is 0 Å². The van der Waals surface area contributed by atoms with Crippen LogP contribution < -0.4 is 10.0 Å². The molecule has 1 amide bonds. The molecule has 11 nitrogen and oxygen atoms in total. The molecule has 2 aromatic carbocycles. The van der Waals surface area contributed by atoms with Crippen LogP contribution in [0, 0.1) is 23.5 Å². The van der Waals surface area contributed by atoms with Gasteiger partial charge in [0, 0.05) is 17.2 Å².